The molecule has 6 heteroatoms. The van der Waals surface area contributed by atoms with Crippen LogP contribution in [0.3, 0.4) is 0 Å². The van der Waals surface area contributed by atoms with E-state index in [2.05, 4.69) is 15.1 Å². The zero-order valence-corrected chi connectivity index (χ0v) is 9.43. The highest BCUT2D eigenvalue weighted by Gasteiger charge is 2.13. The molecule has 0 spiro atoms. The first-order valence-corrected chi connectivity index (χ1v) is 4.83. The Hall–Kier alpha value is -2.11. The summed E-state index contributed by atoms with van der Waals surface area (Å²) in [5.74, 6) is 1.04. The molecular weight excluding hydrogens is 206 g/mol. The fourth-order valence-corrected chi connectivity index (χ4v) is 1.41. The van der Waals surface area contributed by atoms with Gasteiger partial charge in [-0.05, 0) is 13.8 Å². The van der Waals surface area contributed by atoms with Crippen molar-refractivity contribution >= 4 is 5.69 Å². The van der Waals surface area contributed by atoms with Crippen molar-refractivity contribution in [1.29, 1.82) is 0 Å². The molecule has 0 unspecified atom stereocenters. The van der Waals surface area contributed by atoms with Crippen molar-refractivity contribution in [2.45, 2.75) is 13.8 Å². The van der Waals surface area contributed by atoms with Crippen molar-refractivity contribution in [3.8, 4) is 11.6 Å². The molecule has 84 valence electrons. The zero-order valence-electron chi connectivity index (χ0n) is 9.43. The van der Waals surface area contributed by atoms with Gasteiger partial charge in [0, 0.05) is 7.05 Å². The number of nitrogens with two attached hydrogens (primary N) is 1. The number of rotatable bonds is 2. The molecule has 2 heterocycles. The normalized spacial score (nSPS) is 10.4. The molecule has 2 aromatic rings. The zero-order chi connectivity index (χ0) is 11.7. The van der Waals surface area contributed by atoms with Gasteiger partial charge in [-0.2, -0.15) is 10.1 Å². The number of anilines is 1. The summed E-state index contributed by atoms with van der Waals surface area (Å²) >= 11 is 0. The van der Waals surface area contributed by atoms with Crippen LogP contribution in [0.4, 0.5) is 5.69 Å². The highest BCUT2D eigenvalue weighted by molar-refractivity contribution is 5.48. The van der Waals surface area contributed by atoms with Crippen LogP contribution in [0.1, 0.15) is 11.4 Å². The predicted octanol–water partition coefficient (Wildman–Crippen LogP) is 1.20. The highest BCUT2D eigenvalue weighted by Crippen LogP contribution is 2.29. The lowest BCUT2D eigenvalue weighted by atomic mass is 10.3. The Labute approximate surface area is 93.1 Å². The molecule has 6 nitrogen and oxygen atoms in total. The molecule has 0 aliphatic carbocycles. The van der Waals surface area contributed by atoms with Gasteiger partial charge >= 0.3 is 0 Å². The number of nitrogens with zero attached hydrogens (tertiary/aromatic N) is 4. The number of hydrogen-bond donors (Lipinski definition) is 1. The van der Waals surface area contributed by atoms with Gasteiger partial charge in [0.15, 0.2) is 5.75 Å². The molecular formula is C10H13N5O. The molecule has 0 fully saturated rings. The molecule has 16 heavy (non-hydrogen) atoms. The number of aromatic nitrogens is 4. The summed E-state index contributed by atoms with van der Waals surface area (Å²) in [6.45, 7) is 3.80. The van der Waals surface area contributed by atoms with Crippen molar-refractivity contribution in [3.63, 3.8) is 0 Å². The van der Waals surface area contributed by atoms with Crippen LogP contribution in [0.25, 0.3) is 0 Å². The second kappa shape index (κ2) is 3.80. The Bertz CT molecular complexity index is 520. The van der Waals surface area contributed by atoms with Gasteiger partial charge < -0.3 is 10.5 Å². The van der Waals surface area contributed by atoms with Crippen molar-refractivity contribution in [1.82, 2.24) is 19.7 Å². The molecule has 2 N–H and O–H groups in total. The highest BCUT2D eigenvalue weighted by atomic mass is 16.5. The summed E-state index contributed by atoms with van der Waals surface area (Å²) in [5, 5.41) is 4.24. The first-order valence-electron chi connectivity index (χ1n) is 4.83. The maximum absolute atomic E-state index is 5.70. The summed E-state index contributed by atoms with van der Waals surface area (Å²) in [6, 6.07) is 0. The maximum atomic E-state index is 5.70. The van der Waals surface area contributed by atoms with Crippen LogP contribution in [0.5, 0.6) is 11.6 Å². The number of ether oxygens (including phenoxy) is 1. The van der Waals surface area contributed by atoms with E-state index in [1.54, 1.807) is 4.68 Å². The van der Waals surface area contributed by atoms with E-state index in [0.29, 0.717) is 17.3 Å². The van der Waals surface area contributed by atoms with E-state index in [4.69, 9.17) is 10.5 Å². The van der Waals surface area contributed by atoms with Crippen LogP contribution >= 0.6 is 0 Å². The van der Waals surface area contributed by atoms with Crippen LogP contribution in [0, 0.1) is 13.8 Å². The molecule has 0 amide bonds. The van der Waals surface area contributed by atoms with Gasteiger partial charge in [-0.15, -0.1) is 0 Å². The molecule has 0 aliphatic rings. The molecule has 0 radical (unpaired) electrons. The Morgan fingerprint density at radius 3 is 2.69 bits per heavy atom. The van der Waals surface area contributed by atoms with Crippen molar-refractivity contribution in [2.75, 3.05) is 5.73 Å². The SMILES string of the molecule is Cc1nn(C)c(C)c1Oc1ncncc1N. The molecule has 0 atom stereocenters. The lowest BCUT2D eigenvalue weighted by Crippen LogP contribution is -1.97. The molecule has 2 aromatic heterocycles. The standard InChI is InChI=1S/C10H13N5O/c1-6-9(7(2)15(3)14-6)16-10-8(11)4-12-5-13-10/h4-5H,11H2,1-3H3. The molecule has 0 aliphatic heterocycles. The van der Waals surface area contributed by atoms with Crippen molar-refractivity contribution in [2.24, 2.45) is 7.05 Å². The Balaban J connectivity index is 2.38. The van der Waals surface area contributed by atoms with Gasteiger partial charge in [0.1, 0.15) is 17.7 Å². The van der Waals surface area contributed by atoms with Gasteiger partial charge in [0.05, 0.1) is 11.9 Å². The van der Waals surface area contributed by atoms with E-state index >= 15 is 0 Å². The second-order valence-electron chi connectivity index (χ2n) is 3.51. The summed E-state index contributed by atoms with van der Waals surface area (Å²) in [7, 11) is 1.86. The maximum Gasteiger partial charge on any atom is 0.245 e. The minimum Gasteiger partial charge on any atom is -0.433 e. The Morgan fingerprint density at radius 1 is 1.38 bits per heavy atom. The molecule has 2 rings (SSSR count). The van der Waals surface area contributed by atoms with Crippen LogP contribution in [0.2, 0.25) is 0 Å². The third-order valence-electron chi connectivity index (χ3n) is 2.34. The molecule has 0 saturated heterocycles. The van der Waals surface area contributed by atoms with Crippen molar-refractivity contribution in [3.05, 3.63) is 23.9 Å². The summed E-state index contributed by atoms with van der Waals surface area (Å²) in [5.41, 5.74) is 7.84. The largest absolute Gasteiger partial charge is 0.433 e. The topological polar surface area (TPSA) is 78.8 Å². The smallest absolute Gasteiger partial charge is 0.245 e. The monoisotopic (exact) mass is 219 g/mol. The summed E-state index contributed by atoms with van der Waals surface area (Å²) in [6.07, 6.45) is 2.90. The van der Waals surface area contributed by atoms with Gasteiger partial charge in [-0.3, -0.25) is 4.68 Å². The average Bonchev–Trinajstić information content (AvgIpc) is 2.48. The molecule has 0 aromatic carbocycles. The van der Waals surface area contributed by atoms with Gasteiger partial charge in [0.2, 0.25) is 5.88 Å². The molecule has 0 saturated carbocycles. The number of nitrogen functional groups attached to an aromatic ring is 1. The second-order valence-corrected chi connectivity index (χ2v) is 3.51. The first kappa shape index (κ1) is 10.4. The minimum atomic E-state index is 0.356. The number of aryl methyl sites for hydroxylation is 2. The fourth-order valence-electron chi connectivity index (χ4n) is 1.41. The lowest BCUT2D eigenvalue weighted by Gasteiger charge is -2.06. The van der Waals surface area contributed by atoms with Crippen LogP contribution in [-0.4, -0.2) is 19.7 Å². The van der Waals surface area contributed by atoms with Crippen molar-refractivity contribution < 1.29 is 4.74 Å². The lowest BCUT2D eigenvalue weighted by molar-refractivity contribution is 0.456. The van der Waals surface area contributed by atoms with E-state index in [1.165, 1.54) is 12.5 Å². The Kier molecular flexibility index (Phi) is 2.47. The van der Waals surface area contributed by atoms with E-state index < -0.39 is 0 Å². The average molecular weight is 219 g/mol. The van der Waals surface area contributed by atoms with Crippen LogP contribution < -0.4 is 10.5 Å². The van der Waals surface area contributed by atoms with Crippen LogP contribution in [0.15, 0.2) is 12.5 Å². The van der Waals surface area contributed by atoms with E-state index in [-0.39, 0.29) is 0 Å². The van der Waals surface area contributed by atoms with Crippen LogP contribution in [-0.2, 0) is 7.05 Å². The third-order valence-corrected chi connectivity index (χ3v) is 2.34. The van der Waals surface area contributed by atoms with E-state index in [9.17, 15) is 0 Å². The van der Waals surface area contributed by atoms with E-state index in [1.807, 2.05) is 20.9 Å². The van der Waals surface area contributed by atoms with E-state index in [0.717, 1.165) is 11.4 Å². The summed E-state index contributed by atoms with van der Waals surface area (Å²) in [4.78, 5) is 7.77. The minimum absolute atomic E-state index is 0.356. The number of hydrogen-bond acceptors (Lipinski definition) is 5. The summed E-state index contributed by atoms with van der Waals surface area (Å²) < 4.78 is 7.38. The van der Waals surface area contributed by atoms with Gasteiger partial charge in [0.25, 0.3) is 0 Å². The van der Waals surface area contributed by atoms with Gasteiger partial charge in [-0.25, -0.2) is 4.98 Å². The fraction of sp³-hybridized carbons (Fsp3) is 0.300. The third kappa shape index (κ3) is 1.69. The first-order chi connectivity index (χ1) is 7.59. The predicted molar refractivity (Wildman–Crippen MR) is 59.2 cm³/mol. The molecule has 0 bridgehead atoms. The van der Waals surface area contributed by atoms with Gasteiger partial charge in [-0.1, -0.05) is 0 Å². The Morgan fingerprint density at radius 2 is 2.12 bits per heavy atom. The quantitative estimate of drug-likeness (QED) is 0.821.